The van der Waals surface area contributed by atoms with Gasteiger partial charge in [-0.05, 0) is 84.0 Å². The van der Waals surface area contributed by atoms with Gasteiger partial charge in [0.05, 0.1) is 48.8 Å². The number of rotatable bonds is 13. The zero-order valence-corrected chi connectivity index (χ0v) is 37.9. The standard InChI is InChI=1S/C48H49N5O10S2/c1-48(2,64)14-13-44(54)50-31-16-27(25-62-42-22-35-33(20-40(42)60-3)46(55)52-32(24-49-35)18-29-9-5-7-11-37(29)52)15-28(17-31)26-63-43-23-36-34(21-41(43)61-4)47(56)53-38-12-8-6-10-30(38)19-39(53)45(51-36)65(57,58)59/h5-12,15-17,20-23,32,39,45,49,51,64H,13-14,18-19,24-26H2,1-4H3,(H,50,54)(H,57,58,59)/t32-,39+,45+/m1/s1. The van der Waals surface area contributed by atoms with Crippen LogP contribution in [0.3, 0.4) is 0 Å². The van der Waals surface area contributed by atoms with Crippen molar-refractivity contribution in [2.75, 3.05) is 46.5 Å². The summed E-state index contributed by atoms with van der Waals surface area (Å²) in [7, 11) is -1.76. The fourth-order valence-corrected chi connectivity index (χ4v) is 10.1. The Morgan fingerprint density at radius 1 is 0.785 bits per heavy atom. The van der Waals surface area contributed by atoms with Crippen LogP contribution in [0.4, 0.5) is 28.4 Å². The molecule has 0 aromatic heterocycles. The van der Waals surface area contributed by atoms with Crippen LogP contribution in [0.1, 0.15) is 69.7 Å². The number of anilines is 5. The number of methoxy groups -OCH3 is 2. The molecule has 15 nitrogen and oxygen atoms in total. The Balaban J connectivity index is 0.993. The van der Waals surface area contributed by atoms with E-state index >= 15 is 0 Å². The van der Waals surface area contributed by atoms with Crippen LogP contribution in [0.25, 0.3) is 0 Å². The molecule has 4 aliphatic rings. The number of para-hydroxylation sites is 2. The second-order valence-electron chi connectivity index (χ2n) is 17.3. The number of nitrogens with one attached hydrogen (secondary N) is 3. The van der Waals surface area contributed by atoms with Gasteiger partial charge in [0.1, 0.15) is 13.2 Å². The summed E-state index contributed by atoms with van der Waals surface area (Å²) < 4.78 is 60.0. The Morgan fingerprint density at radius 2 is 1.34 bits per heavy atom. The van der Waals surface area contributed by atoms with Crippen molar-refractivity contribution < 1.29 is 46.3 Å². The molecule has 5 aromatic carbocycles. The number of nitrogens with zero attached hydrogens (tertiary/aromatic N) is 2. The fraction of sp³-hybridized carbons (Fsp3) is 0.312. The zero-order chi connectivity index (χ0) is 45.8. The Labute approximate surface area is 382 Å². The number of ether oxygens (including phenoxy) is 4. The van der Waals surface area contributed by atoms with Gasteiger partial charge in [0.25, 0.3) is 21.9 Å². The first kappa shape index (κ1) is 43.8. The highest BCUT2D eigenvalue weighted by Gasteiger charge is 2.47. The van der Waals surface area contributed by atoms with Crippen LogP contribution in [0, 0.1) is 0 Å². The molecular weight excluding hydrogens is 871 g/mol. The van der Waals surface area contributed by atoms with Crippen molar-refractivity contribution in [2.24, 2.45) is 0 Å². The lowest BCUT2D eigenvalue weighted by Gasteiger charge is -2.27. The number of hydrogen-bond acceptors (Lipinski definition) is 12. The number of benzene rings is 5. The fourth-order valence-electron chi connectivity index (χ4n) is 9.08. The van der Waals surface area contributed by atoms with Gasteiger partial charge in [-0.1, -0.05) is 50.2 Å². The van der Waals surface area contributed by atoms with Crippen LogP contribution in [-0.2, 0) is 41.0 Å². The summed E-state index contributed by atoms with van der Waals surface area (Å²) in [6, 6.07) is 26.0. The van der Waals surface area contributed by atoms with E-state index in [1.165, 1.54) is 31.3 Å². The minimum atomic E-state index is -4.71. The van der Waals surface area contributed by atoms with Crippen LogP contribution < -0.4 is 44.7 Å². The third kappa shape index (κ3) is 8.75. The summed E-state index contributed by atoms with van der Waals surface area (Å²) in [5, 5.41) is 7.84. The molecule has 0 radical (unpaired) electrons. The predicted molar refractivity (Wildman–Crippen MR) is 251 cm³/mol. The number of carbonyl (C=O) groups excluding carboxylic acids is 3. The summed E-state index contributed by atoms with van der Waals surface area (Å²) >= 11 is 4.58. The molecule has 9 rings (SSSR count). The van der Waals surface area contributed by atoms with E-state index < -0.39 is 27.4 Å². The van der Waals surface area contributed by atoms with Gasteiger partial charge in [0.2, 0.25) is 5.91 Å². The quantitative estimate of drug-likeness (QED) is 0.0580. The Hall–Kier alpha value is -6.43. The normalized spacial score (nSPS) is 18.3. The summed E-state index contributed by atoms with van der Waals surface area (Å²) in [6.07, 6.45) is 1.73. The third-order valence-electron chi connectivity index (χ3n) is 12.2. The monoisotopic (exact) mass is 919 g/mol. The molecular formula is C48H49N5O10S2. The van der Waals surface area contributed by atoms with Gasteiger partial charge in [-0.15, -0.1) is 0 Å². The first-order chi connectivity index (χ1) is 31.1. The van der Waals surface area contributed by atoms with E-state index in [9.17, 15) is 27.4 Å². The van der Waals surface area contributed by atoms with Crippen LogP contribution in [0.5, 0.6) is 23.0 Å². The third-order valence-corrected chi connectivity index (χ3v) is 13.5. The molecule has 4 heterocycles. The van der Waals surface area contributed by atoms with Gasteiger partial charge >= 0.3 is 0 Å². The van der Waals surface area contributed by atoms with E-state index in [4.69, 9.17) is 18.9 Å². The number of amides is 3. The number of carbonyl (C=O) groups is 3. The van der Waals surface area contributed by atoms with Crippen LogP contribution in [0.2, 0.25) is 0 Å². The lowest BCUT2D eigenvalue weighted by Crippen LogP contribution is -2.49. The summed E-state index contributed by atoms with van der Waals surface area (Å²) in [4.78, 5) is 44.7. The average Bonchev–Trinajstić information content (AvgIpc) is 3.77. The van der Waals surface area contributed by atoms with Gasteiger partial charge in [0.15, 0.2) is 28.4 Å². The lowest BCUT2D eigenvalue weighted by atomic mass is 10.1. The Morgan fingerprint density at radius 3 is 1.94 bits per heavy atom. The van der Waals surface area contributed by atoms with E-state index in [2.05, 4.69) is 34.6 Å². The second kappa shape index (κ2) is 17.2. The SMILES string of the molecule is COc1cc2c(cc1OCc1cc(COc3cc4c(cc3OC)C(=O)N3c5ccccc5C[C@H]3[C@H](S(=O)(=O)O)N4)cc(NC(=O)CCC(C)(C)S)c1)NC[C@H]1Cc3ccccc3N1C2=O. The molecule has 4 aliphatic heterocycles. The van der Waals surface area contributed by atoms with E-state index in [1.807, 2.05) is 55.1 Å². The highest BCUT2D eigenvalue weighted by atomic mass is 32.2. The first-order valence-electron chi connectivity index (χ1n) is 21.2. The van der Waals surface area contributed by atoms with Crippen LogP contribution >= 0.6 is 12.6 Å². The van der Waals surface area contributed by atoms with E-state index in [0.29, 0.717) is 58.2 Å². The molecule has 65 heavy (non-hydrogen) atoms. The lowest BCUT2D eigenvalue weighted by molar-refractivity contribution is -0.116. The van der Waals surface area contributed by atoms with Gasteiger partial charge in [-0.3, -0.25) is 18.9 Å². The maximum absolute atomic E-state index is 14.2. The molecule has 0 fully saturated rings. The van der Waals surface area contributed by atoms with Crippen molar-refractivity contribution in [3.8, 4) is 23.0 Å². The molecule has 0 bridgehead atoms. The van der Waals surface area contributed by atoms with Crippen molar-refractivity contribution in [3.63, 3.8) is 0 Å². The van der Waals surface area contributed by atoms with E-state index in [1.54, 1.807) is 36.4 Å². The summed E-state index contributed by atoms with van der Waals surface area (Å²) in [5.41, 5.74) is 6.53. The molecule has 338 valence electrons. The van der Waals surface area contributed by atoms with Gasteiger partial charge in [-0.2, -0.15) is 21.0 Å². The van der Waals surface area contributed by atoms with Gasteiger partial charge in [0, 0.05) is 46.9 Å². The number of thiol groups is 1. The zero-order valence-electron chi connectivity index (χ0n) is 36.2. The summed E-state index contributed by atoms with van der Waals surface area (Å²) in [5.74, 6) is 0.374. The van der Waals surface area contributed by atoms with E-state index in [-0.39, 0.29) is 71.4 Å². The molecule has 17 heteroatoms. The van der Waals surface area contributed by atoms with Gasteiger partial charge in [-0.25, -0.2) is 0 Å². The highest BCUT2D eigenvalue weighted by Crippen LogP contribution is 2.44. The number of hydrogen-bond donors (Lipinski definition) is 5. The molecule has 0 spiro atoms. The van der Waals surface area contributed by atoms with Crippen molar-refractivity contribution in [3.05, 3.63) is 124 Å². The van der Waals surface area contributed by atoms with E-state index in [0.717, 1.165) is 23.2 Å². The molecule has 0 unspecified atom stereocenters. The summed E-state index contributed by atoms with van der Waals surface area (Å²) in [6.45, 7) is 4.41. The Kier molecular flexibility index (Phi) is 11.6. The van der Waals surface area contributed by atoms with Crippen molar-refractivity contribution in [1.82, 2.24) is 0 Å². The minimum Gasteiger partial charge on any atom is -0.493 e. The molecule has 0 aliphatic carbocycles. The average molecular weight is 920 g/mol. The minimum absolute atomic E-state index is 0.0393. The molecule has 3 atom stereocenters. The highest BCUT2D eigenvalue weighted by molar-refractivity contribution is 7.86. The largest absolute Gasteiger partial charge is 0.493 e. The van der Waals surface area contributed by atoms with Crippen molar-refractivity contribution in [1.29, 1.82) is 0 Å². The molecule has 4 N–H and O–H groups in total. The maximum Gasteiger partial charge on any atom is 0.288 e. The molecule has 0 saturated carbocycles. The smallest absolute Gasteiger partial charge is 0.288 e. The predicted octanol–water partition coefficient (Wildman–Crippen LogP) is 7.50. The number of fused-ring (bicyclic) bond motifs is 8. The van der Waals surface area contributed by atoms with Crippen molar-refractivity contribution >= 4 is 68.9 Å². The maximum atomic E-state index is 14.2. The Bertz CT molecular complexity index is 2850. The van der Waals surface area contributed by atoms with Crippen LogP contribution in [-0.4, -0.2) is 73.7 Å². The second-order valence-corrected chi connectivity index (χ2v) is 20.0. The van der Waals surface area contributed by atoms with Gasteiger partial charge < -0.3 is 44.7 Å². The molecule has 0 saturated heterocycles. The first-order valence-corrected chi connectivity index (χ1v) is 23.2. The molecule has 5 aromatic rings. The molecule has 3 amide bonds. The van der Waals surface area contributed by atoms with Crippen LogP contribution in [0.15, 0.2) is 91.0 Å². The topological polar surface area (TPSA) is 185 Å². The van der Waals surface area contributed by atoms with Crippen molar-refractivity contribution in [2.45, 2.75) is 74.9 Å².